The quantitative estimate of drug-likeness (QED) is 0.147. The van der Waals surface area contributed by atoms with Gasteiger partial charge in [0.2, 0.25) is 11.7 Å². The lowest BCUT2D eigenvalue weighted by atomic mass is 10.2. The molecule has 0 spiro atoms. The van der Waals surface area contributed by atoms with Crippen molar-refractivity contribution in [2.75, 3.05) is 26.7 Å². The van der Waals surface area contributed by atoms with Gasteiger partial charge in [-0.05, 0) is 56.2 Å². The van der Waals surface area contributed by atoms with Gasteiger partial charge in [-0.1, -0.05) is 17.6 Å². The Bertz CT molecular complexity index is 947. The number of methoxy groups -OCH3 is 1. The molecule has 0 amide bonds. The molecule has 0 atom stereocenters. The second kappa shape index (κ2) is 15.2. The number of ether oxygens (including phenoxy) is 1. The van der Waals surface area contributed by atoms with E-state index < -0.39 is 0 Å². The third-order valence-corrected chi connectivity index (χ3v) is 4.88. The van der Waals surface area contributed by atoms with Crippen LogP contribution in [0.3, 0.4) is 0 Å². The van der Waals surface area contributed by atoms with Gasteiger partial charge in [0.25, 0.3) is 0 Å². The normalized spacial score (nSPS) is 11.0. The summed E-state index contributed by atoms with van der Waals surface area (Å²) in [6, 6.07) is 13.6. The van der Waals surface area contributed by atoms with Crippen LogP contribution in [0, 0.1) is 0 Å². The van der Waals surface area contributed by atoms with Crippen molar-refractivity contribution in [2.45, 2.75) is 39.0 Å². The van der Waals surface area contributed by atoms with Gasteiger partial charge in [-0.3, -0.25) is 9.98 Å². The van der Waals surface area contributed by atoms with Gasteiger partial charge in [-0.2, -0.15) is 4.98 Å². The summed E-state index contributed by atoms with van der Waals surface area (Å²) < 4.78 is 10.6. The lowest BCUT2D eigenvalue weighted by Gasteiger charge is -2.11. The van der Waals surface area contributed by atoms with Crippen molar-refractivity contribution in [2.24, 2.45) is 4.99 Å². The number of hydrogen-bond donors (Lipinski definition) is 2. The molecule has 2 heterocycles. The van der Waals surface area contributed by atoms with E-state index in [1.54, 1.807) is 7.11 Å². The second-order valence-electron chi connectivity index (χ2n) is 7.31. The van der Waals surface area contributed by atoms with Crippen molar-refractivity contribution in [3.05, 3.63) is 60.2 Å². The van der Waals surface area contributed by atoms with E-state index in [1.165, 1.54) is 0 Å². The highest BCUT2D eigenvalue weighted by atomic mass is 127. The predicted octanol–water partition coefficient (Wildman–Crippen LogP) is 4.27. The minimum atomic E-state index is 0. The Hall–Kier alpha value is -2.69. The van der Waals surface area contributed by atoms with E-state index in [0.717, 1.165) is 74.7 Å². The number of halogens is 1. The van der Waals surface area contributed by atoms with Crippen molar-refractivity contribution >= 4 is 29.9 Å². The molecule has 0 saturated carbocycles. The predicted molar refractivity (Wildman–Crippen MR) is 141 cm³/mol. The van der Waals surface area contributed by atoms with Crippen molar-refractivity contribution in [1.82, 2.24) is 25.8 Å². The van der Waals surface area contributed by atoms with Crippen molar-refractivity contribution < 1.29 is 9.26 Å². The largest absolute Gasteiger partial charge is 0.497 e. The Morgan fingerprint density at radius 1 is 1.03 bits per heavy atom. The lowest BCUT2D eigenvalue weighted by Crippen LogP contribution is -2.38. The maximum absolute atomic E-state index is 5.39. The SMILES string of the molecule is CCNC(=NCCCCCc1nc(-c2ccc(OC)cc2)no1)NCCc1ccccn1.I. The smallest absolute Gasteiger partial charge is 0.226 e. The van der Waals surface area contributed by atoms with Gasteiger partial charge < -0.3 is 19.9 Å². The third-order valence-electron chi connectivity index (χ3n) is 4.88. The molecule has 3 rings (SSSR count). The summed E-state index contributed by atoms with van der Waals surface area (Å²) >= 11 is 0. The average Bonchev–Trinajstić information content (AvgIpc) is 3.31. The Morgan fingerprint density at radius 2 is 1.88 bits per heavy atom. The summed E-state index contributed by atoms with van der Waals surface area (Å²) in [5.74, 6) is 2.94. The van der Waals surface area contributed by atoms with Gasteiger partial charge in [0.05, 0.1) is 7.11 Å². The number of pyridine rings is 1. The second-order valence-corrected chi connectivity index (χ2v) is 7.31. The van der Waals surface area contributed by atoms with Gasteiger partial charge in [0.15, 0.2) is 5.96 Å². The van der Waals surface area contributed by atoms with Crippen LogP contribution in [0.1, 0.15) is 37.8 Å². The minimum absolute atomic E-state index is 0. The van der Waals surface area contributed by atoms with Crippen LogP contribution >= 0.6 is 24.0 Å². The zero-order valence-corrected chi connectivity index (χ0v) is 21.6. The number of nitrogens with zero attached hydrogens (tertiary/aromatic N) is 4. The van der Waals surface area contributed by atoms with Crippen LogP contribution in [-0.2, 0) is 12.8 Å². The minimum Gasteiger partial charge on any atom is -0.497 e. The fourth-order valence-electron chi connectivity index (χ4n) is 3.17. The number of unbranched alkanes of at least 4 members (excludes halogenated alkanes) is 2. The number of guanidine groups is 1. The molecular formula is C24H33IN6O2. The molecule has 1 aromatic carbocycles. The number of aromatic nitrogens is 3. The van der Waals surface area contributed by atoms with Gasteiger partial charge >= 0.3 is 0 Å². The summed E-state index contributed by atoms with van der Waals surface area (Å²) in [5.41, 5.74) is 1.99. The van der Waals surface area contributed by atoms with Crippen LogP contribution in [0.2, 0.25) is 0 Å². The highest BCUT2D eigenvalue weighted by Gasteiger charge is 2.08. The van der Waals surface area contributed by atoms with Crippen LogP contribution < -0.4 is 15.4 Å². The molecule has 0 fully saturated rings. The first-order chi connectivity index (χ1) is 15.8. The summed E-state index contributed by atoms with van der Waals surface area (Å²) in [6.07, 6.45) is 6.52. The first-order valence-corrected chi connectivity index (χ1v) is 11.2. The van der Waals surface area contributed by atoms with E-state index >= 15 is 0 Å². The summed E-state index contributed by atoms with van der Waals surface area (Å²) in [6.45, 7) is 4.49. The Labute approximate surface area is 212 Å². The zero-order valence-electron chi connectivity index (χ0n) is 19.3. The van der Waals surface area contributed by atoms with E-state index in [9.17, 15) is 0 Å². The molecule has 0 aliphatic rings. The molecule has 0 saturated heterocycles. The maximum atomic E-state index is 5.39. The van der Waals surface area contributed by atoms with E-state index in [-0.39, 0.29) is 24.0 Å². The van der Waals surface area contributed by atoms with E-state index in [0.29, 0.717) is 11.7 Å². The molecule has 0 aliphatic carbocycles. The molecule has 0 unspecified atom stereocenters. The maximum Gasteiger partial charge on any atom is 0.226 e. The number of nitrogens with one attached hydrogen (secondary N) is 2. The summed E-state index contributed by atoms with van der Waals surface area (Å²) in [7, 11) is 1.65. The first kappa shape index (κ1) is 26.6. The lowest BCUT2D eigenvalue weighted by molar-refractivity contribution is 0.374. The molecule has 33 heavy (non-hydrogen) atoms. The van der Waals surface area contributed by atoms with E-state index in [2.05, 4.69) is 37.7 Å². The third kappa shape index (κ3) is 9.37. The molecular weight excluding hydrogens is 531 g/mol. The highest BCUT2D eigenvalue weighted by molar-refractivity contribution is 14.0. The Balaban J connectivity index is 0.00000385. The molecule has 2 N–H and O–H groups in total. The van der Waals surface area contributed by atoms with Crippen molar-refractivity contribution in [3.63, 3.8) is 0 Å². The number of benzene rings is 1. The molecule has 2 aromatic heterocycles. The van der Waals surface area contributed by atoms with Crippen LogP contribution in [0.5, 0.6) is 5.75 Å². The van der Waals surface area contributed by atoms with E-state index in [4.69, 9.17) is 9.26 Å². The highest BCUT2D eigenvalue weighted by Crippen LogP contribution is 2.20. The molecule has 0 aliphatic heterocycles. The topological polar surface area (TPSA) is 97.5 Å². The van der Waals surface area contributed by atoms with Crippen LogP contribution in [0.4, 0.5) is 0 Å². The van der Waals surface area contributed by atoms with Crippen LogP contribution in [0.25, 0.3) is 11.4 Å². The standard InChI is InChI=1S/C24H32N6O2.HI/c1-3-25-24(28-18-15-20-9-6-8-16-26-20)27-17-7-4-5-10-22-29-23(30-32-22)19-11-13-21(31-2)14-12-19;/h6,8-9,11-14,16H,3-5,7,10,15,17-18H2,1-2H3,(H2,25,27,28);1H. The molecule has 9 heteroatoms. The fraction of sp³-hybridized carbons (Fsp3) is 0.417. The van der Waals surface area contributed by atoms with Gasteiger partial charge in [-0.15, -0.1) is 24.0 Å². The Morgan fingerprint density at radius 3 is 2.61 bits per heavy atom. The van der Waals surface area contributed by atoms with Gasteiger partial charge in [0, 0.05) is 49.9 Å². The van der Waals surface area contributed by atoms with Gasteiger partial charge in [-0.25, -0.2) is 0 Å². The van der Waals surface area contributed by atoms with Crippen LogP contribution in [-0.4, -0.2) is 47.8 Å². The Kier molecular flexibility index (Phi) is 12.2. The molecule has 0 radical (unpaired) electrons. The monoisotopic (exact) mass is 564 g/mol. The average molecular weight is 564 g/mol. The first-order valence-electron chi connectivity index (χ1n) is 11.2. The van der Waals surface area contributed by atoms with Crippen LogP contribution in [0.15, 0.2) is 58.2 Å². The summed E-state index contributed by atoms with van der Waals surface area (Å²) in [4.78, 5) is 13.5. The van der Waals surface area contributed by atoms with E-state index in [1.807, 2.05) is 48.7 Å². The summed E-state index contributed by atoms with van der Waals surface area (Å²) in [5, 5.41) is 10.7. The fourth-order valence-corrected chi connectivity index (χ4v) is 3.17. The molecule has 178 valence electrons. The molecule has 0 bridgehead atoms. The van der Waals surface area contributed by atoms with Crippen molar-refractivity contribution in [3.8, 4) is 17.1 Å². The van der Waals surface area contributed by atoms with Crippen molar-refractivity contribution in [1.29, 1.82) is 0 Å². The molecule has 3 aromatic rings. The van der Waals surface area contributed by atoms with Gasteiger partial charge in [0.1, 0.15) is 5.75 Å². The number of hydrogen-bond acceptors (Lipinski definition) is 6. The number of rotatable bonds is 12. The number of aliphatic imine (C=N–C) groups is 1. The molecule has 8 nitrogen and oxygen atoms in total. The zero-order chi connectivity index (χ0) is 22.4. The number of aryl methyl sites for hydroxylation is 1.